The summed E-state index contributed by atoms with van der Waals surface area (Å²) < 4.78 is 2.68. The van der Waals surface area contributed by atoms with E-state index >= 15 is 0 Å². The highest BCUT2D eigenvalue weighted by molar-refractivity contribution is 9.10. The van der Waals surface area contributed by atoms with E-state index in [-0.39, 0.29) is 5.91 Å². The zero-order valence-electron chi connectivity index (χ0n) is 12.7. The molecule has 0 radical (unpaired) electrons. The third kappa shape index (κ3) is 4.07. The number of nitrogens with one attached hydrogen (secondary N) is 1. The van der Waals surface area contributed by atoms with E-state index in [1.54, 1.807) is 22.9 Å². The van der Waals surface area contributed by atoms with Gasteiger partial charge in [-0.3, -0.25) is 9.48 Å². The number of benzene rings is 2. The topological polar surface area (TPSA) is 46.9 Å². The molecule has 3 rings (SSSR count). The van der Waals surface area contributed by atoms with E-state index in [1.807, 2.05) is 18.3 Å². The van der Waals surface area contributed by atoms with Crippen molar-refractivity contribution in [1.82, 2.24) is 9.78 Å². The molecule has 0 saturated carbocycles. The lowest BCUT2D eigenvalue weighted by Gasteiger charge is -2.04. The first-order valence-corrected chi connectivity index (χ1v) is 8.05. The van der Waals surface area contributed by atoms with Gasteiger partial charge in [0.05, 0.1) is 6.54 Å². The average molecular weight is 370 g/mol. The highest BCUT2D eigenvalue weighted by Crippen LogP contribution is 2.14. The average Bonchev–Trinajstić information content (AvgIpc) is 2.96. The molecule has 1 amide bonds. The third-order valence-electron chi connectivity index (χ3n) is 3.43. The SMILES string of the molecule is Cc1ccc(Cn2ccc(NC(=O)c3cccc(Br)c3)n2)cc1. The first kappa shape index (κ1) is 15.5. The molecule has 0 aliphatic carbocycles. The molecule has 1 aromatic heterocycles. The lowest BCUT2D eigenvalue weighted by Crippen LogP contribution is -2.12. The van der Waals surface area contributed by atoms with Crippen molar-refractivity contribution in [2.75, 3.05) is 5.32 Å². The van der Waals surface area contributed by atoms with Gasteiger partial charge in [-0.2, -0.15) is 5.10 Å². The molecule has 4 nitrogen and oxygen atoms in total. The van der Waals surface area contributed by atoms with Crippen LogP contribution in [0.2, 0.25) is 0 Å². The summed E-state index contributed by atoms with van der Waals surface area (Å²) in [6.07, 6.45) is 1.86. The van der Waals surface area contributed by atoms with E-state index in [0.717, 1.165) is 4.47 Å². The largest absolute Gasteiger partial charge is 0.305 e. The van der Waals surface area contributed by atoms with Gasteiger partial charge in [0.2, 0.25) is 0 Å². The molecular formula is C18H16BrN3O. The molecule has 0 fully saturated rings. The van der Waals surface area contributed by atoms with E-state index in [4.69, 9.17) is 0 Å². The molecule has 3 aromatic rings. The van der Waals surface area contributed by atoms with Crippen LogP contribution in [0.15, 0.2) is 65.3 Å². The number of carbonyl (C=O) groups is 1. The number of nitrogens with zero attached hydrogens (tertiary/aromatic N) is 2. The van der Waals surface area contributed by atoms with Gasteiger partial charge in [0, 0.05) is 22.3 Å². The maximum atomic E-state index is 12.2. The Kier molecular flexibility index (Phi) is 4.57. The van der Waals surface area contributed by atoms with Crippen molar-refractivity contribution in [3.63, 3.8) is 0 Å². The molecule has 0 aliphatic heterocycles. The summed E-state index contributed by atoms with van der Waals surface area (Å²) >= 11 is 3.36. The number of aryl methyl sites for hydroxylation is 1. The van der Waals surface area contributed by atoms with Gasteiger partial charge in [-0.1, -0.05) is 51.8 Å². The van der Waals surface area contributed by atoms with Crippen LogP contribution < -0.4 is 5.32 Å². The summed E-state index contributed by atoms with van der Waals surface area (Å²) in [6.45, 7) is 2.74. The van der Waals surface area contributed by atoms with Crippen LogP contribution in [0.1, 0.15) is 21.5 Å². The van der Waals surface area contributed by atoms with Crippen molar-refractivity contribution >= 4 is 27.7 Å². The van der Waals surface area contributed by atoms with Gasteiger partial charge in [-0.25, -0.2) is 0 Å². The molecular weight excluding hydrogens is 354 g/mol. The molecule has 0 unspecified atom stereocenters. The highest BCUT2D eigenvalue weighted by atomic mass is 79.9. The van der Waals surface area contributed by atoms with Crippen LogP contribution in [-0.2, 0) is 6.54 Å². The second-order valence-electron chi connectivity index (χ2n) is 5.35. The molecule has 0 saturated heterocycles. The summed E-state index contributed by atoms with van der Waals surface area (Å²) in [7, 11) is 0. The van der Waals surface area contributed by atoms with Crippen LogP contribution in [-0.4, -0.2) is 15.7 Å². The van der Waals surface area contributed by atoms with Crippen molar-refractivity contribution < 1.29 is 4.79 Å². The first-order valence-electron chi connectivity index (χ1n) is 7.26. The fourth-order valence-electron chi connectivity index (χ4n) is 2.22. The van der Waals surface area contributed by atoms with E-state index in [0.29, 0.717) is 17.9 Å². The van der Waals surface area contributed by atoms with E-state index in [2.05, 4.69) is 57.5 Å². The van der Waals surface area contributed by atoms with E-state index in [9.17, 15) is 4.79 Å². The molecule has 0 atom stereocenters. The molecule has 5 heteroatoms. The van der Waals surface area contributed by atoms with Gasteiger partial charge in [0.25, 0.3) is 5.91 Å². The van der Waals surface area contributed by atoms with Crippen LogP contribution in [0.25, 0.3) is 0 Å². The summed E-state index contributed by atoms with van der Waals surface area (Å²) in [6, 6.07) is 17.4. The second kappa shape index (κ2) is 6.79. The van der Waals surface area contributed by atoms with E-state index in [1.165, 1.54) is 11.1 Å². The van der Waals surface area contributed by atoms with Gasteiger partial charge in [0.15, 0.2) is 5.82 Å². The Labute approximate surface area is 143 Å². The molecule has 0 bridgehead atoms. The minimum atomic E-state index is -0.174. The lowest BCUT2D eigenvalue weighted by molar-refractivity contribution is 0.102. The Balaban J connectivity index is 1.67. The summed E-state index contributed by atoms with van der Waals surface area (Å²) in [5, 5.41) is 7.20. The fourth-order valence-corrected chi connectivity index (χ4v) is 2.61. The van der Waals surface area contributed by atoms with Crippen LogP contribution in [0.3, 0.4) is 0 Å². The number of rotatable bonds is 4. The van der Waals surface area contributed by atoms with Crippen LogP contribution in [0, 0.1) is 6.92 Å². The van der Waals surface area contributed by atoms with Crippen LogP contribution in [0.5, 0.6) is 0 Å². The number of anilines is 1. The van der Waals surface area contributed by atoms with Gasteiger partial charge >= 0.3 is 0 Å². The Morgan fingerprint density at radius 3 is 2.70 bits per heavy atom. The normalized spacial score (nSPS) is 10.5. The zero-order chi connectivity index (χ0) is 16.2. The number of aromatic nitrogens is 2. The predicted octanol–water partition coefficient (Wildman–Crippen LogP) is 4.25. The number of hydrogen-bond donors (Lipinski definition) is 1. The highest BCUT2D eigenvalue weighted by Gasteiger charge is 2.08. The maximum absolute atomic E-state index is 12.2. The second-order valence-corrected chi connectivity index (χ2v) is 6.26. The third-order valence-corrected chi connectivity index (χ3v) is 3.93. The molecule has 23 heavy (non-hydrogen) atoms. The van der Waals surface area contributed by atoms with Crippen molar-refractivity contribution in [2.45, 2.75) is 13.5 Å². The quantitative estimate of drug-likeness (QED) is 0.746. The number of halogens is 1. The van der Waals surface area contributed by atoms with Crippen LogP contribution in [0.4, 0.5) is 5.82 Å². The Morgan fingerprint density at radius 1 is 1.17 bits per heavy atom. The Bertz CT molecular complexity index is 824. The fraction of sp³-hybridized carbons (Fsp3) is 0.111. The monoisotopic (exact) mass is 369 g/mol. The molecule has 0 aliphatic rings. The van der Waals surface area contributed by atoms with E-state index < -0.39 is 0 Å². The Hall–Kier alpha value is -2.40. The minimum absolute atomic E-state index is 0.174. The minimum Gasteiger partial charge on any atom is -0.305 e. The van der Waals surface area contributed by atoms with Crippen molar-refractivity contribution in [2.24, 2.45) is 0 Å². The smallest absolute Gasteiger partial charge is 0.256 e. The molecule has 1 heterocycles. The first-order chi connectivity index (χ1) is 11.1. The van der Waals surface area contributed by atoms with Crippen molar-refractivity contribution in [1.29, 1.82) is 0 Å². The molecule has 0 spiro atoms. The van der Waals surface area contributed by atoms with Gasteiger partial charge in [-0.15, -0.1) is 0 Å². The lowest BCUT2D eigenvalue weighted by atomic mass is 10.1. The standard InChI is InChI=1S/C18H16BrN3O/c1-13-5-7-14(8-6-13)12-22-10-9-17(21-22)20-18(23)15-3-2-4-16(19)11-15/h2-11H,12H2,1H3,(H,20,21,23). The summed E-state index contributed by atoms with van der Waals surface area (Å²) in [4.78, 5) is 12.2. The Morgan fingerprint density at radius 2 is 1.96 bits per heavy atom. The maximum Gasteiger partial charge on any atom is 0.256 e. The van der Waals surface area contributed by atoms with Crippen molar-refractivity contribution in [3.8, 4) is 0 Å². The number of amides is 1. The number of carbonyl (C=O) groups excluding carboxylic acids is 1. The van der Waals surface area contributed by atoms with Gasteiger partial charge < -0.3 is 5.32 Å². The summed E-state index contributed by atoms with van der Waals surface area (Å²) in [5.41, 5.74) is 2.99. The zero-order valence-corrected chi connectivity index (χ0v) is 14.2. The molecule has 116 valence electrons. The predicted molar refractivity (Wildman–Crippen MR) is 94.6 cm³/mol. The summed E-state index contributed by atoms with van der Waals surface area (Å²) in [5.74, 6) is 0.369. The van der Waals surface area contributed by atoms with Gasteiger partial charge in [-0.05, 0) is 30.7 Å². The van der Waals surface area contributed by atoms with Gasteiger partial charge in [0.1, 0.15) is 0 Å². The molecule has 2 aromatic carbocycles. The molecule has 1 N–H and O–H groups in total. The number of hydrogen-bond acceptors (Lipinski definition) is 2. The van der Waals surface area contributed by atoms with Crippen molar-refractivity contribution in [3.05, 3.63) is 82.0 Å². The van der Waals surface area contributed by atoms with Crippen LogP contribution >= 0.6 is 15.9 Å².